The van der Waals surface area contributed by atoms with Gasteiger partial charge in [-0.15, -0.1) is 11.3 Å². The van der Waals surface area contributed by atoms with Crippen LogP contribution >= 0.6 is 33.9 Å². The van der Waals surface area contributed by atoms with Crippen molar-refractivity contribution in [2.75, 3.05) is 0 Å². The van der Waals surface area contributed by atoms with Gasteiger partial charge < -0.3 is 0 Å². The minimum Gasteiger partial charge on any atom is -0.288 e. The first kappa shape index (κ1) is 15.4. The molecule has 0 N–H and O–H groups in total. The highest BCUT2D eigenvalue weighted by Gasteiger charge is 2.13. The number of carbonyl (C=O) groups is 1. The van der Waals surface area contributed by atoms with Gasteiger partial charge in [-0.2, -0.15) is 0 Å². The Labute approximate surface area is 146 Å². The van der Waals surface area contributed by atoms with E-state index in [0.717, 1.165) is 20.4 Å². The van der Waals surface area contributed by atoms with Crippen LogP contribution in [0.1, 0.15) is 20.8 Å². The van der Waals surface area contributed by atoms with Crippen molar-refractivity contribution in [3.05, 3.63) is 82.5 Å². The van der Waals surface area contributed by atoms with E-state index in [-0.39, 0.29) is 11.6 Å². The number of ketones is 1. The van der Waals surface area contributed by atoms with E-state index in [0.29, 0.717) is 10.4 Å². The smallest absolute Gasteiger partial charge is 0.202 e. The third-order valence-electron chi connectivity index (χ3n) is 3.30. The Balaban J connectivity index is 1.89. The zero-order chi connectivity index (χ0) is 15.5. The first-order valence-corrected chi connectivity index (χ1v) is 9.07. The van der Waals surface area contributed by atoms with Crippen LogP contribution in [0, 0.1) is 5.82 Å². The molecule has 0 atom stereocenters. The highest BCUT2D eigenvalue weighted by atomic mass is 127. The van der Waals surface area contributed by atoms with Crippen molar-refractivity contribution in [3.8, 4) is 10.4 Å². The van der Waals surface area contributed by atoms with Gasteiger partial charge in [0.1, 0.15) is 5.82 Å². The molecule has 0 saturated heterocycles. The van der Waals surface area contributed by atoms with E-state index in [9.17, 15) is 9.18 Å². The maximum absolute atomic E-state index is 13.0. The summed E-state index contributed by atoms with van der Waals surface area (Å²) in [6.07, 6.45) is 0. The van der Waals surface area contributed by atoms with E-state index in [1.807, 2.05) is 36.4 Å². The number of hydrogen-bond donors (Lipinski definition) is 0. The fourth-order valence-corrected chi connectivity index (χ4v) is 3.62. The minimum atomic E-state index is -0.257. The van der Waals surface area contributed by atoms with Gasteiger partial charge in [0.05, 0.1) is 4.88 Å². The number of carbonyl (C=O) groups excluding carboxylic acids is 1. The third-order valence-corrected chi connectivity index (χ3v) is 5.32. The molecular formula is C18H12FIOS. The molecule has 22 heavy (non-hydrogen) atoms. The molecule has 0 aliphatic heterocycles. The van der Waals surface area contributed by atoms with Crippen LogP contribution in [-0.4, -0.2) is 5.78 Å². The zero-order valence-electron chi connectivity index (χ0n) is 11.6. The van der Waals surface area contributed by atoms with E-state index in [4.69, 9.17) is 0 Å². The third kappa shape index (κ3) is 3.28. The normalized spacial score (nSPS) is 10.6. The van der Waals surface area contributed by atoms with Crippen LogP contribution < -0.4 is 0 Å². The molecule has 110 valence electrons. The molecule has 3 rings (SSSR count). The van der Waals surface area contributed by atoms with Crippen LogP contribution in [0.2, 0.25) is 0 Å². The predicted molar refractivity (Wildman–Crippen MR) is 97.3 cm³/mol. The SMILES string of the molecule is O=C(c1cccc(CI)c1)c1ccc(-c2ccc(F)cc2)s1. The molecule has 1 heterocycles. The van der Waals surface area contributed by atoms with Gasteiger partial charge in [0.15, 0.2) is 0 Å². The fraction of sp³-hybridized carbons (Fsp3) is 0.0556. The molecule has 1 nitrogen and oxygen atoms in total. The topological polar surface area (TPSA) is 17.1 Å². The molecule has 0 fully saturated rings. The molecule has 4 heteroatoms. The second kappa shape index (κ2) is 6.71. The average Bonchev–Trinajstić information content (AvgIpc) is 3.05. The highest BCUT2D eigenvalue weighted by molar-refractivity contribution is 14.1. The van der Waals surface area contributed by atoms with E-state index < -0.39 is 0 Å². The maximum atomic E-state index is 13.0. The Morgan fingerprint density at radius 1 is 1.05 bits per heavy atom. The lowest BCUT2D eigenvalue weighted by molar-refractivity contribution is 0.104. The van der Waals surface area contributed by atoms with Crippen LogP contribution in [0.25, 0.3) is 10.4 Å². The van der Waals surface area contributed by atoms with E-state index in [1.165, 1.54) is 23.5 Å². The number of hydrogen-bond acceptors (Lipinski definition) is 2. The van der Waals surface area contributed by atoms with Crippen molar-refractivity contribution >= 4 is 39.7 Å². The minimum absolute atomic E-state index is 0.0325. The first-order valence-electron chi connectivity index (χ1n) is 6.73. The van der Waals surface area contributed by atoms with Gasteiger partial charge in [0.25, 0.3) is 0 Å². The van der Waals surface area contributed by atoms with Gasteiger partial charge in [0, 0.05) is 14.9 Å². The van der Waals surface area contributed by atoms with Gasteiger partial charge in [-0.25, -0.2) is 4.39 Å². The summed E-state index contributed by atoms with van der Waals surface area (Å²) >= 11 is 3.72. The van der Waals surface area contributed by atoms with Crippen molar-refractivity contribution in [3.63, 3.8) is 0 Å². The summed E-state index contributed by atoms with van der Waals surface area (Å²) < 4.78 is 13.9. The van der Waals surface area contributed by atoms with Crippen LogP contribution in [-0.2, 0) is 4.43 Å². The lowest BCUT2D eigenvalue weighted by Gasteiger charge is -2.01. The molecule has 2 aromatic carbocycles. The molecule has 0 unspecified atom stereocenters. The molecule has 0 amide bonds. The number of rotatable bonds is 4. The Bertz CT molecular complexity index is 808. The van der Waals surface area contributed by atoms with Gasteiger partial charge in [-0.3, -0.25) is 4.79 Å². The van der Waals surface area contributed by atoms with Crippen LogP contribution in [0.5, 0.6) is 0 Å². The Morgan fingerprint density at radius 2 is 1.82 bits per heavy atom. The standard InChI is InChI=1S/C18H12FIOS/c19-15-6-4-13(5-7-15)16-8-9-17(22-16)18(21)14-3-1-2-12(10-14)11-20/h1-10H,11H2. The summed E-state index contributed by atoms with van der Waals surface area (Å²) in [7, 11) is 0. The van der Waals surface area contributed by atoms with Crippen LogP contribution in [0.15, 0.2) is 60.7 Å². The second-order valence-corrected chi connectivity index (χ2v) is 6.68. The first-order chi connectivity index (χ1) is 10.7. The Morgan fingerprint density at radius 3 is 2.55 bits per heavy atom. The van der Waals surface area contributed by atoms with E-state index in [1.54, 1.807) is 12.1 Å². The van der Waals surface area contributed by atoms with Crippen molar-refractivity contribution in [1.82, 2.24) is 0 Å². The summed E-state index contributed by atoms with van der Waals surface area (Å²) in [5.41, 5.74) is 2.77. The molecular weight excluding hydrogens is 410 g/mol. The van der Waals surface area contributed by atoms with E-state index in [2.05, 4.69) is 22.6 Å². The Kier molecular flexibility index (Phi) is 4.69. The van der Waals surface area contributed by atoms with Crippen molar-refractivity contribution in [1.29, 1.82) is 0 Å². The quantitative estimate of drug-likeness (QED) is 0.299. The molecule has 0 radical (unpaired) electrons. The number of benzene rings is 2. The van der Waals surface area contributed by atoms with E-state index >= 15 is 0 Å². The monoisotopic (exact) mass is 422 g/mol. The Hall–Kier alpha value is -1.53. The fourth-order valence-electron chi connectivity index (χ4n) is 2.17. The molecule has 1 aromatic heterocycles. The van der Waals surface area contributed by atoms with Crippen LogP contribution in [0.4, 0.5) is 4.39 Å². The molecule has 0 aliphatic rings. The number of halogens is 2. The second-order valence-electron chi connectivity index (χ2n) is 4.83. The molecule has 0 bridgehead atoms. The van der Waals surface area contributed by atoms with Crippen molar-refractivity contribution < 1.29 is 9.18 Å². The van der Waals surface area contributed by atoms with Crippen molar-refractivity contribution in [2.24, 2.45) is 0 Å². The largest absolute Gasteiger partial charge is 0.288 e. The van der Waals surface area contributed by atoms with Gasteiger partial charge in [0.2, 0.25) is 5.78 Å². The molecule has 3 aromatic rings. The van der Waals surface area contributed by atoms with Crippen LogP contribution in [0.3, 0.4) is 0 Å². The summed E-state index contributed by atoms with van der Waals surface area (Å²) in [6.45, 7) is 0. The van der Waals surface area contributed by atoms with Gasteiger partial charge in [-0.05, 0) is 41.5 Å². The summed E-state index contributed by atoms with van der Waals surface area (Å²) in [5.74, 6) is -0.225. The maximum Gasteiger partial charge on any atom is 0.202 e. The summed E-state index contributed by atoms with van der Waals surface area (Å²) in [5, 5.41) is 0. The molecule has 0 aliphatic carbocycles. The zero-order valence-corrected chi connectivity index (χ0v) is 14.5. The number of thiophene rings is 1. The number of alkyl halides is 1. The molecule has 0 spiro atoms. The van der Waals surface area contributed by atoms with Gasteiger partial charge >= 0.3 is 0 Å². The highest BCUT2D eigenvalue weighted by Crippen LogP contribution is 2.29. The average molecular weight is 422 g/mol. The van der Waals surface area contributed by atoms with Crippen molar-refractivity contribution in [2.45, 2.75) is 4.43 Å². The lowest BCUT2D eigenvalue weighted by Crippen LogP contribution is -1.98. The van der Waals surface area contributed by atoms with Gasteiger partial charge in [-0.1, -0.05) is 52.9 Å². The lowest BCUT2D eigenvalue weighted by atomic mass is 10.1. The summed E-state index contributed by atoms with van der Waals surface area (Å²) in [6, 6.07) is 17.8. The predicted octanol–water partition coefficient (Wildman–Crippen LogP) is 5.72. The summed E-state index contributed by atoms with van der Waals surface area (Å²) in [4.78, 5) is 14.2. The molecule has 0 saturated carbocycles.